The third-order valence-electron chi connectivity index (χ3n) is 2.48. The van der Waals surface area contributed by atoms with Gasteiger partial charge in [0.15, 0.2) is 5.90 Å². The Balaban J connectivity index is 1.94. The largest absolute Gasteiger partial charge is 0.481 e. The van der Waals surface area contributed by atoms with Crippen LogP contribution in [-0.4, -0.2) is 23.5 Å². The second-order valence-electron chi connectivity index (χ2n) is 3.79. The third-order valence-corrected chi connectivity index (χ3v) is 2.72. The molecule has 0 aliphatic carbocycles. The highest BCUT2D eigenvalue weighted by Gasteiger charge is 2.21. The smallest absolute Gasteiger partial charge is 0.303 e. The van der Waals surface area contributed by atoms with Crippen LogP contribution in [0.1, 0.15) is 24.5 Å². The number of nitrogens with zero attached hydrogens (tertiary/aromatic N) is 1. The van der Waals surface area contributed by atoms with E-state index in [0.717, 1.165) is 5.56 Å². The summed E-state index contributed by atoms with van der Waals surface area (Å²) in [6, 6.07) is 7.41. The van der Waals surface area contributed by atoms with Crippen LogP contribution in [0.4, 0.5) is 0 Å². The number of hydrogen-bond donors (Lipinski definition) is 1. The average Bonchev–Trinajstić information content (AvgIpc) is 2.75. The third kappa shape index (κ3) is 3.20. The van der Waals surface area contributed by atoms with Gasteiger partial charge in [-0.15, -0.1) is 0 Å². The number of carboxylic acids is 1. The van der Waals surface area contributed by atoms with Crippen LogP contribution in [0.25, 0.3) is 0 Å². The molecule has 2 rings (SSSR count). The summed E-state index contributed by atoms with van der Waals surface area (Å²) in [6.07, 6.45) is 0.241. The molecule has 1 heterocycles. The maximum Gasteiger partial charge on any atom is 0.303 e. The summed E-state index contributed by atoms with van der Waals surface area (Å²) in [6.45, 7) is 0.523. The van der Waals surface area contributed by atoms with Crippen molar-refractivity contribution in [2.45, 2.75) is 18.9 Å². The Kier molecular flexibility index (Phi) is 3.64. The van der Waals surface area contributed by atoms with E-state index in [1.54, 1.807) is 6.07 Å². The first-order valence-electron chi connectivity index (χ1n) is 5.32. The number of aliphatic imine (C=N–C) groups is 1. The van der Waals surface area contributed by atoms with Crippen molar-refractivity contribution in [2.24, 2.45) is 4.99 Å². The normalized spacial score (nSPS) is 18.6. The van der Waals surface area contributed by atoms with Crippen LogP contribution in [0.2, 0.25) is 5.02 Å². The molecule has 0 spiro atoms. The lowest BCUT2D eigenvalue weighted by atomic mass is 10.1. The zero-order valence-corrected chi connectivity index (χ0v) is 9.85. The van der Waals surface area contributed by atoms with Gasteiger partial charge in [0.05, 0.1) is 13.0 Å². The molecule has 17 heavy (non-hydrogen) atoms. The quantitative estimate of drug-likeness (QED) is 0.897. The van der Waals surface area contributed by atoms with Crippen molar-refractivity contribution in [3.63, 3.8) is 0 Å². The van der Waals surface area contributed by atoms with E-state index in [1.165, 1.54) is 0 Å². The summed E-state index contributed by atoms with van der Waals surface area (Å²) in [7, 11) is 0. The minimum Gasteiger partial charge on any atom is -0.481 e. The van der Waals surface area contributed by atoms with Crippen LogP contribution in [0.5, 0.6) is 0 Å². The summed E-state index contributed by atoms with van der Waals surface area (Å²) < 4.78 is 5.58. The van der Waals surface area contributed by atoms with E-state index in [-0.39, 0.29) is 12.5 Å². The topological polar surface area (TPSA) is 58.9 Å². The molecule has 0 radical (unpaired) electrons. The molecule has 90 valence electrons. The summed E-state index contributed by atoms with van der Waals surface area (Å²) in [5.41, 5.74) is 0.964. The second kappa shape index (κ2) is 5.19. The van der Waals surface area contributed by atoms with Crippen molar-refractivity contribution in [1.29, 1.82) is 0 Å². The molecule has 1 aliphatic heterocycles. The van der Waals surface area contributed by atoms with E-state index in [9.17, 15) is 4.79 Å². The minimum absolute atomic E-state index is 0.0428. The van der Waals surface area contributed by atoms with Gasteiger partial charge in [-0.2, -0.15) is 0 Å². The molecule has 1 aromatic carbocycles. The molecule has 0 bridgehead atoms. The van der Waals surface area contributed by atoms with Crippen molar-refractivity contribution < 1.29 is 14.6 Å². The van der Waals surface area contributed by atoms with Crippen LogP contribution < -0.4 is 0 Å². The Labute approximate surface area is 104 Å². The lowest BCUT2D eigenvalue weighted by molar-refractivity contribution is -0.136. The highest BCUT2D eigenvalue weighted by molar-refractivity contribution is 6.30. The van der Waals surface area contributed by atoms with Gasteiger partial charge in [0, 0.05) is 11.4 Å². The number of benzene rings is 1. The van der Waals surface area contributed by atoms with Crippen LogP contribution in [0.15, 0.2) is 29.3 Å². The second-order valence-corrected chi connectivity index (χ2v) is 4.23. The fourth-order valence-electron chi connectivity index (χ4n) is 1.66. The lowest BCUT2D eigenvalue weighted by Gasteiger charge is -2.11. The Morgan fingerprint density at radius 3 is 3.12 bits per heavy atom. The van der Waals surface area contributed by atoms with Gasteiger partial charge in [0.1, 0.15) is 6.10 Å². The predicted molar refractivity (Wildman–Crippen MR) is 64.4 cm³/mol. The van der Waals surface area contributed by atoms with Crippen LogP contribution in [0.3, 0.4) is 0 Å². The Morgan fingerprint density at radius 1 is 1.59 bits per heavy atom. The first kappa shape index (κ1) is 11.9. The minimum atomic E-state index is -0.845. The van der Waals surface area contributed by atoms with Crippen molar-refractivity contribution in [3.8, 4) is 0 Å². The van der Waals surface area contributed by atoms with Crippen LogP contribution in [-0.2, 0) is 9.53 Å². The maximum atomic E-state index is 10.4. The standard InChI is InChI=1S/C12H12ClNO3/c13-9-3-1-2-8(6-9)10-7-14-11(17-10)4-5-12(15)16/h1-3,6,10H,4-5,7H2,(H,15,16). The summed E-state index contributed by atoms with van der Waals surface area (Å²) in [5, 5.41) is 9.22. The molecule has 1 N–H and O–H groups in total. The van der Waals surface area contributed by atoms with E-state index in [4.69, 9.17) is 21.4 Å². The van der Waals surface area contributed by atoms with Gasteiger partial charge in [0.2, 0.25) is 0 Å². The molecule has 0 saturated heterocycles. The van der Waals surface area contributed by atoms with Gasteiger partial charge in [0.25, 0.3) is 0 Å². The number of ether oxygens (including phenoxy) is 1. The first-order chi connectivity index (χ1) is 8.15. The molecule has 4 nitrogen and oxygen atoms in total. The number of rotatable bonds is 4. The number of aliphatic carboxylic acids is 1. The van der Waals surface area contributed by atoms with Gasteiger partial charge in [-0.1, -0.05) is 23.7 Å². The van der Waals surface area contributed by atoms with E-state index in [1.807, 2.05) is 18.2 Å². The summed E-state index contributed by atoms with van der Waals surface area (Å²) in [4.78, 5) is 14.6. The van der Waals surface area contributed by atoms with Gasteiger partial charge in [-0.05, 0) is 17.7 Å². The summed E-state index contributed by atoms with van der Waals surface area (Å²) >= 11 is 5.89. The Bertz CT molecular complexity index is 459. The van der Waals surface area contributed by atoms with Gasteiger partial charge < -0.3 is 9.84 Å². The van der Waals surface area contributed by atoms with E-state index < -0.39 is 5.97 Å². The first-order valence-corrected chi connectivity index (χ1v) is 5.70. The molecular formula is C12H12ClNO3. The summed E-state index contributed by atoms with van der Waals surface area (Å²) in [5.74, 6) is -0.333. The fraction of sp³-hybridized carbons (Fsp3) is 0.333. The molecule has 0 fully saturated rings. The molecule has 5 heteroatoms. The number of carbonyl (C=O) groups is 1. The molecule has 0 amide bonds. The Morgan fingerprint density at radius 2 is 2.41 bits per heavy atom. The maximum absolute atomic E-state index is 10.4. The van der Waals surface area contributed by atoms with Crippen molar-refractivity contribution in [1.82, 2.24) is 0 Å². The fourth-order valence-corrected chi connectivity index (χ4v) is 1.85. The van der Waals surface area contributed by atoms with Crippen LogP contribution >= 0.6 is 11.6 Å². The van der Waals surface area contributed by atoms with E-state index in [0.29, 0.717) is 23.9 Å². The SMILES string of the molecule is O=C(O)CCC1=NCC(c2cccc(Cl)c2)O1. The molecule has 0 aromatic heterocycles. The van der Waals surface area contributed by atoms with Gasteiger partial charge >= 0.3 is 5.97 Å². The van der Waals surface area contributed by atoms with E-state index >= 15 is 0 Å². The predicted octanol–water partition coefficient (Wildman–Crippen LogP) is 2.67. The zero-order chi connectivity index (χ0) is 12.3. The van der Waals surface area contributed by atoms with E-state index in [2.05, 4.69) is 4.99 Å². The van der Waals surface area contributed by atoms with Crippen molar-refractivity contribution >= 4 is 23.5 Å². The molecule has 1 unspecified atom stereocenters. The molecule has 0 saturated carbocycles. The zero-order valence-electron chi connectivity index (χ0n) is 9.10. The average molecular weight is 254 g/mol. The lowest BCUT2D eigenvalue weighted by Crippen LogP contribution is -2.07. The monoisotopic (exact) mass is 253 g/mol. The molecule has 1 aromatic rings. The molecule has 1 atom stereocenters. The van der Waals surface area contributed by atoms with Gasteiger partial charge in [-0.25, -0.2) is 0 Å². The number of halogens is 1. The van der Waals surface area contributed by atoms with Crippen molar-refractivity contribution in [3.05, 3.63) is 34.9 Å². The highest BCUT2D eigenvalue weighted by atomic mass is 35.5. The highest BCUT2D eigenvalue weighted by Crippen LogP contribution is 2.26. The molecule has 1 aliphatic rings. The van der Waals surface area contributed by atoms with Crippen LogP contribution in [0, 0.1) is 0 Å². The van der Waals surface area contributed by atoms with Crippen molar-refractivity contribution in [2.75, 3.05) is 6.54 Å². The van der Waals surface area contributed by atoms with Gasteiger partial charge in [-0.3, -0.25) is 9.79 Å². The Hall–Kier alpha value is -1.55. The number of hydrogen-bond acceptors (Lipinski definition) is 3. The number of carboxylic acid groups (broad SMARTS) is 1. The molecular weight excluding hydrogens is 242 g/mol.